The molecule has 0 amide bonds. The van der Waals surface area contributed by atoms with Gasteiger partial charge in [0, 0.05) is 11.7 Å². The van der Waals surface area contributed by atoms with Crippen molar-refractivity contribution < 1.29 is 27.8 Å². The molecule has 1 atom stereocenters. The lowest BCUT2D eigenvalue weighted by Gasteiger charge is -2.37. The average molecular weight is 398 g/mol. The topological polar surface area (TPSA) is 60.0 Å². The van der Waals surface area contributed by atoms with Crippen LogP contribution >= 0.6 is 12.2 Å². The fraction of sp³-hybridized carbons (Fsp3) is 0.444. The van der Waals surface area contributed by atoms with E-state index in [0.717, 1.165) is 12.8 Å². The zero-order chi connectivity index (χ0) is 19.7. The van der Waals surface area contributed by atoms with Gasteiger partial charge < -0.3 is 24.4 Å². The minimum absolute atomic E-state index is 0.121. The predicted octanol–water partition coefficient (Wildman–Crippen LogP) is 3.14. The van der Waals surface area contributed by atoms with Crippen molar-refractivity contribution in [2.75, 3.05) is 14.2 Å². The van der Waals surface area contributed by atoms with Crippen LogP contribution in [0.1, 0.15) is 31.4 Å². The summed E-state index contributed by atoms with van der Waals surface area (Å²) in [6.07, 6.45) is 1.99. The van der Waals surface area contributed by atoms with E-state index in [1.807, 2.05) is 11.8 Å². The highest BCUT2D eigenvalue weighted by atomic mass is 32.1. The molecule has 0 saturated heterocycles. The Hall–Kier alpha value is -2.42. The van der Waals surface area contributed by atoms with Crippen molar-refractivity contribution in [3.63, 3.8) is 0 Å². The lowest BCUT2D eigenvalue weighted by atomic mass is 9.94. The van der Waals surface area contributed by atoms with Gasteiger partial charge in [-0.15, -0.1) is 0 Å². The van der Waals surface area contributed by atoms with Crippen LogP contribution in [0.2, 0.25) is 0 Å². The van der Waals surface area contributed by atoms with Crippen LogP contribution in [0.3, 0.4) is 0 Å². The van der Waals surface area contributed by atoms with Crippen LogP contribution in [-0.4, -0.2) is 42.9 Å². The average Bonchev–Trinajstić information content (AvgIpc) is 3.45. The van der Waals surface area contributed by atoms with Crippen LogP contribution in [0.15, 0.2) is 29.5 Å². The molecule has 9 heteroatoms. The first-order chi connectivity index (χ1) is 12.9. The molecule has 2 aliphatic rings. The van der Waals surface area contributed by atoms with E-state index >= 15 is 0 Å². The third-order valence-corrected chi connectivity index (χ3v) is 4.90. The summed E-state index contributed by atoms with van der Waals surface area (Å²) in [6.45, 7) is -1.19. The minimum Gasteiger partial charge on any atom is -0.493 e. The maximum absolute atomic E-state index is 12.7. The molecule has 1 heterocycles. The van der Waals surface area contributed by atoms with Crippen molar-refractivity contribution in [1.82, 2.24) is 10.2 Å². The fourth-order valence-electron chi connectivity index (χ4n) is 3.22. The molecule has 1 aliphatic carbocycles. The number of esters is 1. The van der Waals surface area contributed by atoms with Crippen molar-refractivity contribution >= 4 is 23.3 Å². The number of ether oxygens (including phenoxy) is 3. The second-order valence-corrected chi connectivity index (χ2v) is 6.65. The van der Waals surface area contributed by atoms with Crippen molar-refractivity contribution in [1.29, 1.82) is 0 Å². The van der Waals surface area contributed by atoms with Crippen molar-refractivity contribution in [2.24, 2.45) is 0 Å². The molecule has 1 aliphatic heterocycles. The van der Waals surface area contributed by atoms with E-state index in [2.05, 4.69) is 10.1 Å². The van der Waals surface area contributed by atoms with Gasteiger partial charge in [-0.3, -0.25) is 0 Å². The number of nitrogens with one attached hydrogen (secondary N) is 1. The SMILES string of the molecule is COC(=O)C1=C(C)N(C2CC2)C(=S)N[C@@H]1c1ccc(OC)c(OC(F)F)c1. The van der Waals surface area contributed by atoms with Gasteiger partial charge in [0.1, 0.15) is 0 Å². The number of benzene rings is 1. The normalized spacial score (nSPS) is 19.9. The van der Waals surface area contributed by atoms with Gasteiger partial charge in [0.25, 0.3) is 0 Å². The number of hydrogen-bond acceptors (Lipinski definition) is 5. The number of carbonyl (C=O) groups excluding carboxylic acids is 1. The lowest BCUT2D eigenvalue weighted by Crippen LogP contribution is -2.48. The van der Waals surface area contributed by atoms with Gasteiger partial charge in [0.15, 0.2) is 16.6 Å². The Kier molecular flexibility index (Phi) is 5.50. The smallest absolute Gasteiger partial charge is 0.387 e. The van der Waals surface area contributed by atoms with E-state index in [9.17, 15) is 13.6 Å². The number of allylic oxidation sites excluding steroid dienone is 1. The summed E-state index contributed by atoms with van der Waals surface area (Å²) in [5.74, 6) is -0.466. The van der Waals surface area contributed by atoms with Crippen LogP contribution in [-0.2, 0) is 9.53 Å². The summed E-state index contributed by atoms with van der Waals surface area (Å²) < 4.78 is 40.0. The molecule has 1 aromatic rings. The summed E-state index contributed by atoms with van der Waals surface area (Å²) >= 11 is 5.48. The lowest BCUT2D eigenvalue weighted by molar-refractivity contribution is -0.136. The second kappa shape index (κ2) is 7.67. The van der Waals surface area contributed by atoms with E-state index in [4.69, 9.17) is 21.7 Å². The maximum atomic E-state index is 12.7. The molecule has 1 saturated carbocycles. The summed E-state index contributed by atoms with van der Waals surface area (Å²) in [4.78, 5) is 14.4. The van der Waals surface area contributed by atoms with E-state index in [1.54, 1.807) is 6.07 Å². The van der Waals surface area contributed by atoms with E-state index < -0.39 is 18.6 Å². The monoisotopic (exact) mass is 398 g/mol. The molecule has 3 rings (SSSR count). The maximum Gasteiger partial charge on any atom is 0.387 e. The molecular formula is C18H20F2N2O4S. The molecule has 146 valence electrons. The number of halogens is 2. The molecule has 0 radical (unpaired) electrons. The Balaban J connectivity index is 2.06. The first-order valence-corrected chi connectivity index (χ1v) is 8.79. The highest BCUT2D eigenvalue weighted by molar-refractivity contribution is 7.80. The quantitative estimate of drug-likeness (QED) is 0.584. The fourth-order valence-corrected chi connectivity index (χ4v) is 3.62. The summed E-state index contributed by atoms with van der Waals surface area (Å²) in [5, 5.41) is 3.62. The number of carbonyl (C=O) groups is 1. The second-order valence-electron chi connectivity index (χ2n) is 6.26. The van der Waals surface area contributed by atoms with Gasteiger partial charge in [-0.25, -0.2) is 4.79 Å². The third kappa shape index (κ3) is 3.83. The number of nitrogens with zero attached hydrogens (tertiary/aromatic N) is 1. The molecular weight excluding hydrogens is 378 g/mol. The highest BCUT2D eigenvalue weighted by Gasteiger charge is 2.40. The van der Waals surface area contributed by atoms with Crippen molar-refractivity contribution in [3.8, 4) is 11.5 Å². The van der Waals surface area contributed by atoms with E-state index in [1.165, 1.54) is 26.4 Å². The van der Waals surface area contributed by atoms with Gasteiger partial charge in [-0.05, 0) is 49.7 Å². The molecule has 0 unspecified atom stereocenters. The Morgan fingerprint density at radius 1 is 1.30 bits per heavy atom. The molecule has 1 fully saturated rings. The van der Waals surface area contributed by atoms with Gasteiger partial charge in [-0.2, -0.15) is 8.78 Å². The zero-order valence-electron chi connectivity index (χ0n) is 15.1. The first kappa shape index (κ1) is 19.3. The zero-order valence-corrected chi connectivity index (χ0v) is 15.9. The predicted molar refractivity (Wildman–Crippen MR) is 97.7 cm³/mol. The Bertz CT molecular complexity index is 796. The molecule has 6 nitrogen and oxygen atoms in total. The molecule has 27 heavy (non-hydrogen) atoms. The largest absolute Gasteiger partial charge is 0.493 e. The summed E-state index contributed by atoms with van der Waals surface area (Å²) in [5.41, 5.74) is 1.61. The molecule has 0 aromatic heterocycles. The van der Waals surface area contributed by atoms with Gasteiger partial charge in [0.05, 0.1) is 25.8 Å². The number of alkyl halides is 2. The molecule has 0 bridgehead atoms. The van der Waals surface area contributed by atoms with Crippen LogP contribution in [0.25, 0.3) is 0 Å². The molecule has 1 N–H and O–H groups in total. The van der Waals surface area contributed by atoms with Gasteiger partial charge >= 0.3 is 12.6 Å². The molecule has 0 spiro atoms. The third-order valence-electron chi connectivity index (χ3n) is 4.58. The van der Waals surface area contributed by atoms with Gasteiger partial charge in [-0.1, -0.05) is 6.07 Å². The first-order valence-electron chi connectivity index (χ1n) is 8.39. The van der Waals surface area contributed by atoms with Crippen molar-refractivity contribution in [2.45, 2.75) is 38.5 Å². The van der Waals surface area contributed by atoms with E-state index in [-0.39, 0.29) is 17.5 Å². The standard InChI is InChI=1S/C18H20F2N2O4S/c1-9-14(16(23)25-3)15(21-18(27)22(9)11-5-6-11)10-4-7-12(24-2)13(8-10)26-17(19)20/h4,7-8,11,15,17H,5-6H2,1-3H3,(H,21,27)/t15-/m1/s1. The van der Waals surface area contributed by atoms with Crippen molar-refractivity contribution in [3.05, 3.63) is 35.0 Å². The van der Waals surface area contributed by atoms with Crippen LogP contribution in [0, 0.1) is 0 Å². The minimum atomic E-state index is -3.00. The highest BCUT2D eigenvalue weighted by Crippen LogP contribution is 2.40. The molecule has 1 aromatic carbocycles. The van der Waals surface area contributed by atoms with Gasteiger partial charge in [0.2, 0.25) is 0 Å². The number of methoxy groups -OCH3 is 2. The van der Waals surface area contributed by atoms with Crippen LogP contribution < -0.4 is 14.8 Å². The number of thiocarbonyl (C=S) groups is 1. The Morgan fingerprint density at radius 2 is 2.00 bits per heavy atom. The Morgan fingerprint density at radius 3 is 2.56 bits per heavy atom. The van der Waals surface area contributed by atoms with Crippen LogP contribution in [0.5, 0.6) is 11.5 Å². The number of rotatable bonds is 6. The Labute approximate surface area is 161 Å². The summed E-state index contributed by atoms with van der Waals surface area (Å²) in [7, 11) is 2.66. The van der Waals surface area contributed by atoms with Crippen LogP contribution in [0.4, 0.5) is 8.78 Å². The summed E-state index contributed by atoms with van der Waals surface area (Å²) in [6, 6.07) is 4.20. The number of hydrogen-bond donors (Lipinski definition) is 1. The van der Waals surface area contributed by atoms with E-state index in [0.29, 0.717) is 21.9 Å².